The van der Waals surface area contributed by atoms with Gasteiger partial charge in [-0.05, 0) is 48.9 Å². The first-order valence-corrected chi connectivity index (χ1v) is 10.3. The van der Waals surface area contributed by atoms with Crippen molar-refractivity contribution < 1.29 is 14.6 Å². The fourth-order valence-corrected chi connectivity index (χ4v) is 3.30. The number of carbonyl (C=O) groups is 1. The van der Waals surface area contributed by atoms with Crippen molar-refractivity contribution in [3.8, 4) is 5.75 Å². The number of hydrogen-bond donors (Lipinski definition) is 1. The molecule has 0 bridgehead atoms. The van der Waals surface area contributed by atoms with Crippen LogP contribution in [0.1, 0.15) is 38.1 Å². The van der Waals surface area contributed by atoms with Crippen LogP contribution in [-0.4, -0.2) is 33.1 Å². The SMILES string of the molecule is CC(C)c1nc2ccc(Br)cc2c(=O)n1N=Cc1ccc(O[C@H](C)C(=O)O)c(Cl)c1. The summed E-state index contributed by atoms with van der Waals surface area (Å²) in [6.07, 6.45) is 0.465. The van der Waals surface area contributed by atoms with Crippen molar-refractivity contribution in [3.05, 3.63) is 67.6 Å². The summed E-state index contributed by atoms with van der Waals surface area (Å²) in [6, 6.07) is 10.2. The molecule has 0 fully saturated rings. The van der Waals surface area contributed by atoms with Crippen LogP contribution < -0.4 is 10.3 Å². The van der Waals surface area contributed by atoms with Crippen LogP contribution in [0.5, 0.6) is 5.75 Å². The summed E-state index contributed by atoms with van der Waals surface area (Å²) in [5.41, 5.74) is 0.948. The average molecular weight is 493 g/mol. The van der Waals surface area contributed by atoms with Crippen molar-refractivity contribution in [3.63, 3.8) is 0 Å². The van der Waals surface area contributed by atoms with Crippen molar-refractivity contribution in [2.24, 2.45) is 5.10 Å². The predicted octanol–water partition coefficient (Wildman–Crippen LogP) is 4.67. The third-order valence-corrected chi connectivity index (χ3v) is 5.07. The van der Waals surface area contributed by atoms with Crippen LogP contribution in [0.4, 0.5) is 0 Å². The number of rotatable bonds is 6. The van der Waals surface area contributed by atoms with E-state index in [2.05, 4.69) is 26.0 Å². The van der Waals surface area contributed by atoms with E-state index in [9.17, 15) is 9.59 Å². The summed E-state index contributed by atoms with van der Waals surface area (Å²) in [6.45, 7) is 5.29. The largest absolute Gasteiger partial charge is 0.479 e. The van der Waals surface area contributed by atoms with Gasteiger partial charge >= 0.3 is 5.97 Å². The Bertz CT molecular complexity index is 1210. The number of hydrogen-bond acceptors (Lipinski definition) is 5. The van der Waals surface area contributed by atoms with E-state index in [1.165, 1.54) is 17.8 Å². The molecule has 1 heterocycles. The van der Waals surface area contributed by atoms with Gasteiger partial charge in [0.15, 0.2) is 6.10 Å². The van der Waals surface area contributed by atoms with Gasteiger partial charge in [-0.1, -0.05) is 41.4 Å². The second kappa shape index (κ2) is 8.97. The van der Waals surface area contributed by atoms with Crippen LogP contribution in [-0.2, 0) is 4.79 Å². The molecule has 1 N–H and O–H groups in total. The lowest BCUT2D eigenvalue weighted by Crippen LogP contribution is -2.23. The number of halogens is 2. The monoisotopic (exact) mass is 491 g/mol. The number of benzene rings is 2. The van der Waals surface area contributed by atoms with E-state index >= 15 is 0 Å². The summed E-state index contributed by atoms with van der Waals surface area (Å²) < 4.78 is 7.37. The maximum Gasteiger partial charge on any atom is 0.344 e. The van der Waals surface area contributed by atoms with Gasteiger partial charge in [0.05, 0.1) is 22.1 Å². The Morgan fingerprint density at radius 1 is 1.27 bits per heavy atom. The zero-order chi connectivity index (χ0) is 22.0. The molecule has 0 aliphatic carbocycles. The van der Waals surface area contributed by atoms with Gasteiger partial charge in [-0.25, -0.2) is 9.78 Å². The number of carboxylic acids is 1. The zero-order valence-electron chi connectivity index (χ0n) is 16.5. The zero-order valence-corrected chi connectivity index (χ0v) is 18.8. The molecule has 9 heteroatoms. The minimum absolute atomic E-state index is 0.0280. The first kappa shape index (κ1) is 22.0. The highest BCUT2D eigenvalue weighted by Crippen LogP contribution is 2.26. The fraction of sp³-hybridized carbons (Fsp3) is 0.238. The lowest BCUT2D eigenvalue weighted by molar-refractivity contribution is -0.144. The Kier molecular flexibility index (Phi) is 6.58. The Hall–Kier alpha value is -2.71. The lowest BCUT2D eigenvalue weighted by Gasteiger charge is -2.13. The maximum absolute atomic E-state index is 13.0. The second-order valence-corrected chi connectivity index (χ2v) is 8.26. The van der Waals surface area contributed by atoms with Gasteiger partial charge in [-0.15, -0.1) is 0 Å². The van der Waals surface area contributed by atoms with E-state index in [4.69, 9.17) is 21.4 Å². The molecule has 0 spiro atoms. The van der Waals surface area contributed by atoms with Crippen molar-refractivity contribution in [1.82, 2.24) is 9.66 Å². The standard InChI is InChI=1S/C21H19BrClN3O4/c1-11(2)19-25-17-6-5-14(22)9-15(17)20(27)26(19)24-10-13-4-7-18(16(23)8-13)30-12(3)21(28)29/h4-12H,1-3H3,(H,28,29)/t12-/m1/s1. The van der Waals surface area contributed by atoms with E-state index in [0.717, 1.165) is 4.47 Å². The van der Waals surface area contributed by atoms with Crippen LogP contribution in [0, 0.1) is 0 Å². The first-order chi connectivity index (χ1) is 14.2. The quantitative estimate of drug-likeness (QED) is 0.505. The lowest BCUT2D eigenvalue weighted by atomic mass is 10.2. The second-order valence-electron chi connectivity index (χ2n) is 6.94. The first-order valence-electron chi connectivity index (χ1n) is 9.13. The van der Waals surface area contributed by atoms with Gasteiger partial charge in [-0.2, -0.15) is 9.78 Å². The molecule has 0 amide bonds. The normalized spacial score (nSPS) is 12.6. The number of ether oxygens (including phenoxy) is 1. The van der Waals surface area contributed by atoms with Crippen molar-refractivity contribution >= 4 is 50.6 Å². The molecule has 0 saturated heterocycles. The molecule has 0 aliphatic heterocycles. The summed E-state index contributed by atoms with van der Waals surface area (Å²) >= 11 is 9.58. The van der Waals surface area contributed by atoms with Crippen molar-refractivity contribution in [1.29, 1.82) is 0 Å². The van der Waals surface area contributed by atoms with Gasteiger partial charge in [0, 0.05) is 10.4 Å². The predicted molar refractivity (Wildman–Crippen MR) is 120 cm³/mol. The minimum Gasteiger partial charge on any atom is -0.479 e. The molecule has 0 unspecified atom stereocenters. The van der Waals surface area contributed by atoms with E-state index in [1.54, 1.807) is 30.3 Å². The van der Waals surface area contributed by atoms with Crippen LogP contribution in [0.25, 0.3) is 10.9 Å². The van der Waals surface area contributed by atoms with Gasteiger partial charge < -0.3 is 9.84 Å². The van der Waals surface area contributed by atoms with Crippen LogP contribution in [0.2, 0.25) is 5.02 Å². The summed E-state index contributed by atoms with van der Waals surface area (Å²) in [5.74, 6) is -0.333. The van der Waals surface area contributed by atoms with Gasteiger partial charge in [0.1, 0.15) is 11.6 Å². The van der Waals surface area contributed by atoms with Crippen molar-refractivity contribution in [2.75, 3.05) is 0 Å². The van der Waals surface area contributed by atoms with E-state index in [-0.39, 0.29) is 22.2 Å². The van der Waals surface area contributed by atoms with Gasteiger partial charge in [0.2, 0.25) is 0 Å². The Morgan fingerprint density at radius 3 is 2.63 bits per heavy atom. The Balaban J connectivity index is 2.00. The smallest absolute Gasteiger partial charge is 0.344 e. The molecule has 3 aromatic rings. The summed E-state index contributed by atoms with van der Waals surface area (Å²) in [4.78, 5) is 28.6. The topological polar surface area (TPSA) is 93.8 Å². The van der Waals surface area contributed by atoms with Crippen LogP contribution in [0.3, 0.4) is 0 Å². The molecule has 30 heavy (non-hydrogen) atoms. The van der Waals surface area contributed by atoms with E-state index in [1.807, 2.05) is 19.9 Å². The minimum atomic E-state index is -1.09. The molecule has 3 rings (SSSR count). The highest BCUT2D eigenvalue weighted by Gasteiger charge is 2.15. The maximum atomic E-state index is 13.0. The highest BCUT2D eigenvalue weighted by atomic mass is 79.9. The number of carboxylic acid groups (broad SMARTS) is 1. The average Bonchev–Trinajstić information content (AvgIpc) is 2.69. The summed E-state index contributed by atoms with van der Waals surface area (Å²) in [7, 11) is 0. The highest BCUT2D eigenvalue weighted by molar-refractivity contribution is 9.10. The summed E-state index contributed by atoms with van der Waals surface area (Å²) in [5, 5.41) is 14.0. The number of fused-ring (bicyclic) bond motifs is 1. The molecule has 0 radical (unpaired) electrons. The van der Waals surface area contributed by atoms with Gasteiger partial charge in [0.25, 0.3) is 5.56 Å². The third kappa shape index (κ3) is 4.71. The fourth-order valence-electron chi connectivity index (χ4n) is 2.71. The number of aliphatic carboxylic acids is 1. The molecule has 156 valence electrons. The Labute approximate surface area is 186 Å². The van der Waals surface area contributed by atoms with Crippen LogP contribution >= 0.6 is 27.5 Å². The van der Waals surface area contributed by atoms with Gasteiger partial charge in [-0.3, -0.25) is 4.79 Å². The Morgan fingerprint density at radius 2 is 2.00 bits per heavy atom. The number of aromatic nitrogens is 2. The molecule has 1 aromatic heterocycles. The van der Waals surface area contributed by atoms with E-state index < -0.39 is 12.1 Å². The molecular formula is C21H19BrClN3O4. The van der Waals surface area contributed by atoms with Crippen LogP contribution in [0.15, 0.2) is 50.8 Å². The molecule has 2 aromatic carbocycles. The molecular weight excluding hydrogens is 474 g/mol. The third-order valence-electron chi connectivity index (χ3n) is 4.28. The molecule has 0 saturated carbocycles. The molecule has 7 nitrogen and oxygen atoms in total. The van der Waals surface area contributed by atoms with E-state index in [0.29, 0.717) is 22.3 Å². The molecule has 0 aliphatic rings. The van der Waals surface area contributed by atoms with Crippen molar-refractivity contribution in [2.45, 2.75) is 32.8 Å². The number of nitrogens with zero attached hydrogens (tertiary/aromatic N) is 3. The molecule has 1 atom stereocenters.